The van der Waals surface area contributed by atoms with Crippen molar-refractivity contribution in [1.82, 2.24) is 9.97 Å². The normalized spacial score (nSPS) is 12.0. The molecule has 0 radical (unpaired) electrons. The Bertz CT molecular complexity index is 429. The number of aromatic nitrogens is 2. The summed E-state index contributed by atoms with van der Waals surface area (Å²) in [6.07, 6.45) is 3.33. The van der Waals surface area contributed by atoms with Crippen LogP contribution in [0.2, 0.25) is 0 Å². The molecule has 0 aliphatic carbocycles. The zero-order valence-electron chi connectivity index (χ0n) is 10.9. The first kappa shape index (κ1) is 14.5. The molecule has 0 spiro atoms. The summed E-state index contributed by atoms with van der Waals surface area (Å²) < 4.78 is 0. The van der Waals surface area contributed by atoms with Crippen LogP contribution in [0.15, 0.2) is 6.33 Å². The standard InChI is InChI=1S/C10H17N5O2S/c1-7(5-18-4)14(3)10-8(15(16)17)9(11-2)12-6-13-10/h6-7H,5H2,1-4H3,(H,11,12,13). The van der Waals surface area contributed by atoms with Crippen molar-refractivity contribution in [3.05, 3.63) is 16.4 Å². The average molecular weight is 271 g/mol. The van der Waals surface area contributed by atoms with Gasteiger partial charge in [-0.25, -0.2) is 9.97 Å². The van der Waals surface area contributed by atoms with Crippen molar-refractivity contribution in [3.8, 4) is 0 Å². The molecule has 1 atom stereocenters. The Morgan fingerprint density at radius 2 is 2.28 bits per heavy atom. The van der Waals surface area contributed by atoms with E-state index in [9.17, 15) is 10.1 Å². The van der Waals surface area contributed by atoms with Gasteiger partial charge < -0.3 is 10.2 Å². The van der Waals surface area contributed by atoms with Gasteiger partial charge in [-0.3, -0.25) is 10.1 Å². The fraction of sp³-hybridized carbons (Fsp3) is 0.600. The third-order valence-electron chi connectivity index (χ3n) is 2.63. The second-order valence-electron chi connectivity index (χ2n) is 3.82. The minimum Gasteiger partial charge on any atom is -0.367 e. The lowest BCUT2D eigenvalue weighted by molar-refractivity contribution is -0.383. The first-order valence-electron chi connectivity index (χ1n) is 5.41. The average Bonchev–Trinajstić information content (AvgIpc) is 2.36. The monoisotopic (exact) mass is 271 g/mol. The molecule has 100 valence electrons. The maximum atomic E-state index is 11.1. The van der Waals surface area contributed by atoms with Crippen molar-refractivity contribution in [2.45, 2.75) is 13.0 Å². The minimum atomic E-state index is -0.455. The van der Waals surface area contributed by atoms with E-state index in [1.807, 2.05) is 13.2 Å². The highest BCUT2D eigenvalue weighted by Crippen LogP contribution is 2.31. The number of nitrogens with one attached hydrogen (secondary N) is 1. The molecule has 0 amide bonds. The van der Waals surface area contributed by atoms with Crippen LogP contribution in [0.3, 0.4) is 0 Å². The SMILES string of the molecule is CNc1ncnc(N(C)C(C)CSC)c1[N+](=O)[O-]. The van der Waals surface area contributed by atoms with Crippen molar-refractivity contribution in [1.29, 1.82) is 0 Å². The molecule has 1 N–H and O–H groups in total. The van der Waals surface area contributed by atoms with E-state index in [1.165, 1.54) is 6.33 Å². The molecule has 0 aromatic carbocycles. The van der Waals surface area contributed by atoms with Gasteiger partial charge in [0.25, 0.3) is 0 Å². The van der Waals surface area contributed by atoms with Crippen molar-refractivity contribution in [2.24, 2.45) is 0 Å². The molecule has 0 bridgehead atoms. The third kappa shape index (κ3) is 3.00. The molecular weight excluding hydrogens is 254 g/mol. The summed E-state index contributed by atoms with van der Waals surface area (Å²) in [4.78, 5) is 20.4. The number of rotatable bonds is 6. The molecule has 0 saturated heterocycles. The summed E-state index contributed by atoms with van der Waals surface area (Å²) in [5.74, 6) is 1.43. The molecule has 18 heavy (non-hydrogen) atoms. The predicted octanol–water partition coefficient (Wildman–Crippen LogP) is 1.61. The highest BCUT2D eigenvalue weighted by atomic mass is 32.2. The molecule has 1 aromatic rings. The number of anilines is 2. The van der Waals surface area contributed by atoms with E-state index in [4.69, 9.17) is 0 Å². The van der Waals surface area contributed by atoms with Gasteiger partial charge in [0, 0.05) is 25.9 Å². The number of hydrogen-bond acceptors (Lipinski definition) is 7. The van der Waals surface area contributed by atoms with Crippen molar-refractivity contribution >= 4 is 29.1 Å². The zero-order chi connectivity index (χ0) is 13.7. The van der Waals surface area contributed by atoms with Gasteiger partial charge in [-0.1, -0.05) is 0 Å². The van der Waals surface area contributed by atoms with Crippen LogP contribution in [0.4, 0.5) is 17.3 Å². The summed E-state index contributed by atoms with van der Waals surface area (Å²) in [6.45, 7) is 2.00. The maximum absolute atomic E-state index is 11.1. The summed E-state index contributed by atoms with van der Waals surface area (Å²) in [6, 6.07) is 0.151. The van der Waals surface area contributed by atoms with Crippen molar-refractivity contribution < 1.29 is 4.92 Å². The second kappa shape index (κ2) is 6.39. The Balaban J connectivity index is 3.19. The summed E-state index contributed by atoms with van der Waals surface area (Å²) in [5, 5.41) is 13.9. The predicted molar refractivity (Wildman–Crippen MR) is 74.5 cm³/mol. The van der Waals surface area contributed by atoms with Crippen LogP contribution < -0.4 is 10.2 Å². The molecule has 1 rings (SSSR count). The van der Waals surface area contributed by atoms with Gasteiger partial charge in [0.15, 0.2) is 0 Å². The van der Waals surface area contributed by atoms with Crippen LogP contribution in [-0.2, 0) is 0 Å². The van der Waals surface area contributed by atoms with E-state index in [2.05, 4.69) is 15.3 Å². The van der Waals surface area contributed by atoms with E-state index < -0.39 is 4.92 Å². The fourth-order valence-electron chi connectivity index (χ4n) is 1.54. The van der Waals surface area contributed by atoms with Gasteiger partial charge in [-0.05, 0) is 13.2 Å². The van der Waals surface area contributed by atoms with Crippen molar-refractivity contribution in [3.63, 3.8) is 0 Å². The first-order valence-corrected chi connectivity index (χ1v) is 6.81. The number of nitro groups is 1. The third-order valence-corrected chi connectivity index (χ3v) is 3.44. The van der Waals surface area contributed by atoms with Crippen LogP contribution in [0.25, 0.3) is 0 Å². The zero-order valence-corrected chi connectivity index (χ0v) is 11.7. The molecular formula is C10H17N5O2S. The quantitative estimate of drug-likeness (QED) is 0.621. The largest absolute Gasteiger partial charge is 0.367 e. The smallest absolute Gasteiger partial charge is 0.353 e. The van der Waals surface area contributed by atoms with E-state index in [0.717, 1.165) is 5.75 Å². The van der Waals surface area contributed by atoms with Gasteiger partial charge in [-0.2, -0.15) is 11.8 Å². The topological polar surface area (TPSA) is 84.2 Å². The molecule has 1 heterocycles. The lowest BCUT2D eigenvalue weighted by atomic mass is 10.3. The van der Waals surface area contributed by atoms with E-state index in [1.54, 1.807) is 30.8 Å². The van der Waals surface area contributed by atoms with E-state index >= 15 is 0 Å². The molecule has 0 aliphatic heterocycles. The van der Waals surface area contributed by atoms with Crippen molar-refractivity contribution in [2.75, 3.05) is 36.3 Å². The first-order chi connectivity index (χ1) is 8.52. The highest BCUT2D eigenvalue weighted by Gasteiger charge is 2.26. The molecule has 0 fully saturated rings. The molecule has 1 aromatic heterocycles. The number of nitrogens with zero attached hydrogens (tertiary/aromatic N) is 4. The Kier molecular flexibility index (Phi) is 5.14. The number of hydrogen-bond donors (Lipinski definition) is 1. The fourth-order valence-corrected chi connectivity index (χ4v) is 2.25. The van der Waals surface area contributed by atoms with E-state index in [-0.39, 0.29) is 17.5 Å². The Hall–Kier alpha value is -1.57. The summed E-state index contributed by atoms with van der Waals surface area (Å²) in [5.41, 5.74) is -0.0875. The lowest BCUT2D eigenvalue weighted by Crippen LogP contribution is -2.32. The Morgan fingerprint density at radius 3 is 2.78 bits per heavy atom. The summed E-state index contributed by atoms with van der Waals surface area (Å²) >= 11 is 1.69. The molecule has 0 saturated carbocycles. The molecule has 7 nitrogen and oxygen atoms in total. The van der Waals surface area contributed by atoms with Crippen LogP contribution in [0.1, 0.15) is 6.92 Å². The van der Waals surface area contributed by atoms with Crippen LogP contribution in [0.5, 0.6) is 0 Å². The highest BCUT2D eigenvalue weighted by molar-refractivity contribution is 7.98. The minimum absolute atomic E-state index is 0.0875. The molecule has 8 heteroatoms. The Morgan fingerprint density at radius 1 is 1.61 bits per heavy atom. The van der Waals surface area contributed by atoms with Crippen LogP contribution in [0, 0.1) is 10.1 Å². The Labute approximate surface area is 110 Å². The van der Waals surface area contributed by atoms with Gasteiger partial charge in [0.05, 0.1) is 4.92 Å². The van der Waals surface area contributed by atoms with Gasteiger partial charge in [-0.15, -0.1) is 0 Å². The second-order valence-corrected chi connectivity index (χ2v) is 4.73. The van der Waals surface area contributed by atoms with Gasteiger partial charge in [0.2, 0.25) is 11.6 Å². The van der Waals surface area contributed by atoms with E-state index in [0.29, 0.717) is 5.82 Å². The van der Waals surface area contributed by atoms with Crippen LogP contribution in [-0.4, -0.2) is 47.0 Å². The lowest BCUT2D eigenvalue weighted by Gasteiger charge is -2.25. The number of thioether (sulfide) groups is 1. The summed E-state index contributed by atoms with van der Waals surface area (Å²) in [7, 11) is 3.40. The van der Waals surface area contributed by atoms with Crippen LogP contribution >= 0.6 is 11.8 Å². The maximum Gasteiger partial charge on any atom is 0.353 e. The van der Waals surface area contributed by atoms with Gasteiger partial charge in [0.1, 0.15) is 6.33 Å². The molecule has 0 aliphatic rings. The molecule has 1 unspecified atom stereocenters. The van der Waals surface area contributed by atoms with Gasteiger partial charge >= 0.3 is 5.69 Å².